The first-order chi connectivity index (χ1) is 18.0. The highest BCUT2D eigenvalue weighted by molar-refractivity contribution is 7.93. The molecule has 222 valence electrons. The molecule has 0 aliphatic heterocycles. The van der Waals surface area contributed by atoms with Crippen LogP contribution in [-0.2, 0) is 30.1 Å². The first-order valence-corrected chi connectivity index (χ1v) is 18.9. The van der Waals surface area contributed by atoms with E-state index < -0.39 is 30.1 Å². The molecular formula is C26H49N3O6S3. The van der Waals surface area contributed by atoms with Crippen molar-refractivity contribution < 1.29 is 25.3 Å². The van der Waals surface area contributed by atoms with Gasteiger partial charge in [-0.3, -0.25) is 0 Å². The fraction of sp³-hybridized carbons (Fsp3) is 0.769. The van der Waals surface area contributed by atoms with Gasteiger partial charge in [0.2, 0.25) is 20.0 Å². The van der Waals surface area contributed by atoms with E-state index in [2.05, 4.69) is 6.92 Å². The molecule has 12 heteroatoms. The number of benzene rings is 1. The second-order valence-corrected chi connectivity index (χ2v) is 15.3. The fourth-order valence-corrected chi connectivity index (χ4v) is 8.27. The van der Waals surface area contributed by atoms with E-state index in [1.54, 1.807) is 13.0 Å². The minimum Gasteiger partial charge on any atom is -0.211 e. The summed E-state index contributed by atoms with van der Waals surface area (Å²) in [6.45, 7) is 4.03. The first kappa shape index (κ1) is 35.0. The van der Waals surface area contributed by atoms with Gasteiger partial charge in [-0.1, -0.05) is 122 Å². The van der Waals surface area contributed by atoms with Crippen LogP contribution in [-0.4, -0.2) is 41.3 Å². The fourth-order valence-electron chi connectivity index (χ4n) is 3.97. The van der Waals surface area contributed by atoms with Gasteiger partial charge in [0.15, 0.2) is 0 Å². The minimum atomic E-state index is -4.32. The van der Waals surface area contributed by atoms with Gasteiger partial charge in [-0.05, 0) is 29.5 Å². The largest absolute Gasteiger partial charge is 0.255 e. The summed E-state index contributed by atoms with van der Waals surface area (Å²) < 4.78 is 76.4. The van der Waals surface area contributed by atoms with Gasteiger partial charge < -0.3 is 0 Å². The third-order valence-corrected chi connectivity index (χ3v) is 10.7. The molecule has 0 heterocycles. The zero-order valence-corrected chi connectivity index (χ0v) is 25.7. The monoisotopic (exact) mass is 595 g/mol. The van der Waals surface area contributed by atoms with Gasteiger partial charge in [0.1, 0.15) is 0 Å². The van der Waals surface area contributed by atoms with Crippen LogP contribution in [0.1, 0.15) is 117 Å². The highest BCUT2D eigenvalue weighted by Gasteiger charge is 2.31. The quantitative estimate of drug-likeness (QED) is 0.118. The molecule has 0 fully saturated rings. The molecule has 0 unspecified atom stereocenters. The number of hydrazine groups is 2. The Bertz CT molecular complexity index is 1060. The van der Waals surface area contributed by atoms with Crippen molar-refractivity contribution in [3.63, 3.8) is 0 Å². The van der Waals surface area contributed by atoms with Crippen LogP contribution in [0.15, 0.2) is 35.2 Å². The molecule has 2 N–H and O–H groups in total. The first-order valence-electron chi connectivity index (χ1n) is 14.1. The molecule has 0 amide bonds. The lowest BCUT2D eigenvalue weighted by Gasteiger charge is -2.23. The van der Waals surface area contributed by atoms with E-state index in [1.165, 1.54) is 82.1 Å². The van der Waals surface area contributed by atoms with E-state index >= 15 is 0 Å². The molecule has 0 saturated carbocycles. The Morgan fingerprint density at radius 3 is 1.47 bits per heavy atom. The summed E-state index contributed by atoms with van der Waals surface area (Å²) in [7, 11) is -12.7. The van der Waals surface area contributed by atoms with Crippen LogP contribution in [0, 0.1) is 0 Å². The summed E-state index contributed by atoms with van der Waals surface area (Å²) in [5.41, 5.74) is 0. The predicted octanol–water partition coefficient (Wildman–Crippen LogP) is 5.63. The lowest BCUT2D eigenvalue weighted by Crippen LogP contribution is -2.56. The van der Waals surface area contributed by atoms with Crippen molar-refractivity contribution in [3.05, 3.63) is 30.3 Å². The number of hydrogen-bond donors (Lipinski definition) is 2. The van der Waals surface area contributed by atoms with Gasteiger partial charge in [0, 0.05) is 0 Å². The van der Waals surface area contributed by atoms with Crippen LogP contribution in [0.5, 0.6) is 0 Å². The van der Waals surface area contributed by atoms with Gasteiger partial charge in [0.05, 0.1) is 16.4 Å². The number of hydrogen-bond acceptors (Lipinski definition) is 6. The summed E-state index contributed by atoms with van der Waals surface area (Å²) in [5.74, 6) is -0.694. The smallest absolute Gasteiger partial charge is 0.211 e. The Labute approximate surface area is 232 Å². The lowest BCUT2D eigenvalue weighted by atomic mass is 10.0. The SMILES string of the molecule is CCCCCCCCCCCCCCCCS(=O)(=O)N(NS(=O)(=O)CCCC)NS(=O)(=O)c1ccccc1. The van der Waals surface area contributed by atoms with Gasteiger partial charge in [0.25, 0.3) is 10.0 Å². The minimum absolute atomic E-state index is 0.155. The molecule has 0 saturated heterocycles. The molecule has 0 aliphatic rings. The number of unbranched alkanes of at least 4 members (excludes halogenated alkanes) is 14. The van der Waals surface area contributed by atoms with Crippen LogP contribution >= 0.6 is 0 Å². The van der Waals surface area contributed by atoms with E-state index in [1.807, 2.05) is 9.66 Å². The molecule has 9 nitrogen and oxygen atoms in total. The number of rotatable bonds is 24. The van der Waals surface area contributed by atoms with Gasteiger partial charge in [-0.15, -0.1) is 9.66 Å². The highest BCUT2D eigenvalue weighted by Crippen LogP contribution is 2.14. The zero-order chi connectivity index (χ0) is 28.3. The van der Waals surface area contributed by atoms with Crippen LogP contribution in [0.3, 0.4) is 0 Å². The molecule has 0 atom stereocenters. The molecule has 0 radical (unpaired) electrons. The van der Waals surface area contributed by atoms with E-state index in [0.29, 0.717) is 25.7 Å². The molecular weight excluding hydrogens is 547 g/mol. The van der Waals surface area contributed by atoms with Crippen molar-refractivity contribution in [2.45, 2.75) is 121 Å². The highest BCUT2D eigenvalue weighted by atomic mass is 32.2. The maximum Gasteiger partial charge on any atom is 0.255 e. The third-order valence-electron chi connectivity index (χ3n) is 6.28. The molecule has 1 aromatic rings. The van der Waals surface area contributed by atoms with Gasteiger partial charge in [-0.2, -0.15) is 0 Å². The van der Waals surface area contributed by atoms with E-state index in [9.17, 15) is 25.3 Å². The number of nitrogens with one attached hydrogen (secondary N) is 2. The number of nitrogens with zero attached hydrogens (tertiary/aromatic N) is 1. The molecule has 0 aliphatic carbocycles. The summed E-state index contributed by atoms with van der Waals surface area (Å²) in [6, 6.07) is 7.20. The Morgan fingerprint density at radius 1 is 0.553 bits per heavy atom. The molecule has 0 bridgehead atoms. The van der Waals surface area contributed by atoms with Crippen LogP contribution in [0.25, 0.3) is 0 Å². The Kier molecular flexibility index (Phi) is 17.6. The molecule has 1 aromatic carbocycles. The van der Waals surface area contributed by atoms with Crippen molar-refractivity contribution in [3.8, 4) is 0 Å². The predicted molar refractivity (Wildman–Crippen MR) is 155 cm³/mol. The van der Waals surface area contributed by atoms with Crippen LogP contribution in [0.2, 0.25) is 0 Å². The van der Waals surface area contributed by atoms with Crippen LogP contribution < -0.4 is 9.66 Å². The molecule has 38 heavy (non-hydrogen) atoms. The maximum atomic E-state index is 13.0. The zero-order valence-electron chi connectivity index (χ0n) is 23.2. The van der Waals surface area contributed by atoms with Gasteiger partial charge >= 0.3 is 0 Å². The summed E-state index contributed by atoms with van der Waals surface area (Å²) in [5, 5.41) is 0. The van der Waals surface area contributed by atoms with Crippen molar-refractivity contribution >= 4 is 30.1 Å². The van der Waals surface area contributed by atoms with Gasteiger partial charge in [-0.25, -0.2) is 25.3 Å². The number of sulfonamides is 3. The van der Waals surface area contributed by atoms with Crippen molar-refractivity contribution in [2.75, 3.05) is 11.5 Å². The van der Waals surface area contributed by atoms with E-state index in [-0.39, 0.29) is 20.9 Å². The lowest BCUT2D eigenvalue weighted by molar-refractivity contribution is 0.343. The maximum absolute atomic E-state index is 13.0. The molecule has 0 aromatic heterocycles. The Balaban J connectivity index is 2.52. The topological polar surface area (TPSA) is 130 Å². The van der Waals surface area contributed by atoms with Crippen molar-refractivity contribution in [2.24, 2.45) is 0 Å². The van der Waals surface area contributed by atoms with Crippen molar-refractivity contribution in [1.82, 2.24) is 14.2 Å². The molecule has 1 rings (SSSR count). The average molecular weight is 596 g/mol. The molecule has 0 spiro atoms. The Hall–Kier alpha value is -1.05. The van der Waals surface area contributed by atoms with E-state index in [4.69, 9.17) is 0 Å². The summed E-state index contributed by atoms with van der Waals surface area (Å²) in [4.78, 5) is 3.65. The van der Waals surface area contributed by atoms with Crippen molar-refractivity contribution in [1.29, 1.82) is 0 Å². The van der Waals surface area contributed by atoms with Crippen LogP contribution in [0.4, 0.5) is 0 Å². The summed E-state index contributed by atoms with van der Waals surface area (Å²) in [6.07, 6.45) is 16.5. The second kappa shape index (κ2) is 19.1. The second-order valence-electron chi connectivity index (χ2n) is 9.85. The normalized spacial score (nSPS) is 12.8. The summed E-state index contributed by atoms with van der Waals surface area (Å²) >= 11 is 0. The Morgan fingerprint density at radius 2 is 1.00 bits per heavy atom. The average Bonchev–Trinajstić information content (AvgIpc) is 2.87. The third kappa shape index (κ3) is 15.5. The standard InChI is InChI=1S/C26H49N3O6S3/c1-3-5-7-8-9-10-11-12-13-14-15-16-17-21-25-37(32,33)29(27-36(30,31)24-6-4-2)28-38(34,35)26-22-19-18-20-23-26/h18-20,22-23,27-28H,3-17,21,24-25H2,1-2H3. The van der Waals surface area contributed by atoms with E-state index in [0.717, 1.165) is 19.3 Å².